The molecule has 0 saturated heterocycles. The van der Waals surface area contributed by atoms with Gasteiger partial charge in [-0.25, -0.2) is 18.0 Å². The molecule has 0 atom stereocenters. The Morgan fingerprint density at radius 1 is 1.06 bits per heavy atom. The van der Waals surface area contributed by atoms with E-state index in [1.807, 2.05) is 0 Å². The minimum atomic E-state index is -4.47. The highest BCUT2D eigenvalue weighted by Gasteiger charge is 2.34. The van der Waals surface area contributed by atoms with Gasteiger partial charge >= 0.3 is 11.9 Å². The summed E-state index contributed by atoms with van der Waals surface area (Å²) in [4.78, 5) is 28.6. The van der Waals surface area contributed by atoms with Crippen LogP contribution in [0.15, 0.2) is 70.7 Å². The van der Waals surface area contributed by atoms with Crippen LogP contribution in [0.5, 0.6) is 5.75 Å². The summed E-state index contributed by atoms with van der Waals surface area (Å²) in [5, 5.41) is 13.0. The number of benzene rings is 2. The molecule has 184 valence electrons. The maximum absolute atomic E-state index is 13.7. The third kappa shape index (κ3) is 5.96. The van der Waals surface area contributed by atoms with Crippen molar-refractivity contribution < 1.29 is 32.6 Å². The van der Waals surface area contributed by atoms with Crippen LogP contribution in [-0.4, -0.2) is 43.2 Å². The number of methoxy groups -OCH3 is 1. The number of nitrogens with zero attached hydrogens (tertiary/aromatic N) is 1. The van der Waals surface area contributed by atoms with E-state index in [-0.39, 0.29) is 22.7 Å². The van der Waals surface area contributed by atoms with Crippen molar-refractivity contribution in [2.75, 3.05) is 12.4 Å². The van der Waals surface area contributed by atoms with Crippen LogP contribution in [0.2, 0.25) is 0 Å². The highest BCUT2D eigenvalue weighted by Crippen LogP contribution is 2.34. The van der Waals surface area contributed by atoms with E-state index in [9.17, 15) is 23.1 Å². The number of anilines is 1. The van der Waals surface area contributed by atoms with Gasteiger partial charge in [0.05, 0.1) is 23.3 Å². The minimum absolute atomic E-state index is 0.0285. The van der Waals surface area contributed by atoms with Crippen LogP contribution < -0.4 is 10.1 Å². The third-order valence-corrected chi connectivity index (χ3v) is 6.69. The Hall–Kier alpha value is -3.92. The standard InChI is InChI=1S/C25H26N2O7S/c1-25(2,3)34-24(30)19-11-12-20(27-15-16-6-5-13-26-14-16)21(23(28)29)22(19)35(31,32)18-9-7-17(33-4)8-10-18/h5-14,27H,15H2,1-4H3,(H,28,29). The summed E-state index contributed by atoms with van der Waals surface area (Å²) in [6.07, 6.45) is 3.19. The number of hydrogen-bond donors (Lipinski definition) is 2. The molecule has 0 aliphatic rings. The van der Waals surface area contributed by atoms with Crippen molar-refractivity contribution in [2.24, 2.45) is 0 Å². The van der Waals surface area contributed by atoms with E-state index >= 15 is 0 Å². The molecule has 1 heterocycles. The van der Waals surface area contributed by atoms with Gasteiger partial charge in [0.15, 0.2) is 0 Å². The fraction of sp³-hybridized carbons (Fsp3) is 0.240. The maximum Gasteiger partial charge on any atom is 0.340 e. The van der Waals surface area contributed by atoms with E-state index in [1.54, 1.807) is 45.3 Å². The SMILES string of the molecule is COc1ccc(S(=O)(=O)c2c(C(=O)OC(C)(C)C)ccc(NCc3cccnc3)c2C(=O)O)cc1. The van der Waals surface area contributed by atoms with Gasteiger partial charge in [-0.05, 0) is 68.8 Å². The molecule has 0 aliphatic heterocycles. The number of carboxylic acid groups (broad SMARTS) is 1. The van der Waals surface area contributed by atoms with Gasteiger partial charge in [0.1, 0.15) is 21.8 Å². The molecule has 0 amide bonds. The van der Waals surface area contributed by atoms with Gasteiger partial charge in [0, 0.05) is 18.9 Å². The second-order valence-electron chi connectivity index (χ2n) is 8.57. The predicted molar refractivity (Wildman–Crippen MR) is 129 cm³/mol. The first kappa shape index (κ1) is 25.7. The molecule has 2 N–H and O–H groups in total. The molecule has 0 saturated carbocycles. The molecule has 1 aromatic heterocycles. The number of rotatable bonds is 8. The second-order valence-corrected chi connectivity index (χ2v) is 10.5. The average Bonchev–Trinajstić information content (AvgIpc) is 2.81. The lowest BCUT2D eigenvalue weighted by Gasteiger charge is -2.22. The molecule has 0 radical (unpaired) electrons. The number of aromatic carboxylic acids is 1. The van der Waals surface area contributed by atoms with Crippen molar-refractivity contribution in [1.82, 2.24) is 4.98 Å². The first-order valence-electron chi connectivity index (χ1n) is 10.6. The van der Waals surface area contributed by atoms with Gasteiger partial charge in [0.25, 0.3) is 0 Å². The molecule has 0 bridgehead atoms. The monoisotopic (exact) mass is 498 g/mol. The van der Waals surface area contributed by atoms with E-state index in [0.717, 1.165) is 5.56 Å². The van der Waals surface area contributed by atoms with E-state index in [2.05, 4.69) is 10.3 Å². The summed E-state index contributed by atoms with van der Waals surface area (Å²) in [6.45, 7) is 5.07. The molecule has 0 aliphatic carbocycles. The fourth-order valence-electron chi connectivity index (χ4n) is 3.29. The minimum Gasteiger partial charge on any atom is -0.497 e. The number of carboxylic acids is 1. The molecule has 0 spiro atoms. The topological polar surface area (TPSA) is 132 Å². The number of carbonyl (C=O) groups is 2. The number of carbonyl (C=O) groups excluding carboxylic acids is 1. The van der Waals surface area contributed by atoms with Crippen molar-refractivity contribution in [3.05, 3.63) is 77.6 Å². The van der Waals surface area contributed by atoms with Crippen LogP contribution in [0.1, 0.15) is 47.1 Å². The number of sulfone groups is 1. The number of nitrogens with one attached hydrogen (secondary N) is 1. The summed E-state index contributed by atoms with van der Waals surface area (Å²) < 4.78 is 37.9. The molecular weight excluding hydrogens is 472 g/mol. The number of ether oxygens (including phenoxy) is 2. The second kappa shape index (κ2) is 10.1. The van der Waals surface area contributed by atoms with E-state index in [0.29, 0.717) is 5.75 Å². The zero-order valence-corrected chi connectivity index (χ0v) is 20.5. The lowest BCUT2D eigenvalue weighted by molar-refractivity contribution is 0.00651. The smallest absolute Gasteiger partial charge is 0.340 e. The van der Waals surface area contributed by atoms with E-state index in [4.69, 9.17) is 9.47 Å². The van der Waals surface area contributed by atoms with Gasteiger partial charge in [0.2, 0.25) is 9.84 Å². The van der Waals surface area contributed by atoms with Gasteiger partial charge < -0.3 is 19.9 Å². The number of esters is 1. The Kier molecular flexibility index (Phi) is 7.45. The van der Waals surface area contributed by atoms with Gasteiger partial charge in [-0.15, -0.1) is 0 Å². The van der Waals surface area contributed by atoms with Gasteiger partial charge in [-0.1, -0.05) is 6.07 Å². The summed E-state index contributed by atoms with van der Waals surface area (Å²) in [5.74, 6) is -2.05. The van der Waals surface area contributed by atoms with E-state index < -0.39 is 37.8 Å². The lowest BCUT2D eigenvalue weighted by atomic mass is 10.1. The van der Waals surface area contributed by atoms with Crippen molar-refractivity contribution >= 4 is 27.5 Å². The van der Waals surface area contributed by atoms with Crippen LogP contribution in [0.3, 0.4) is 0 Å². The molecule has 3 aromatic rings. The quantitative estimate of drug-likeness (QED) is 0.439. The summed E-state index contributed by atoms with van der Waals surface area (Å²) in [7, 11) is -3.03. The first-order chi connectivity index (χ1) is 16.4. The van der Waals surface area contributed by atoms with E-state index in [1.165, 1.54) is 43.5 Å². The molecule has 9 nitrogen and oxygen atoms in total. The number of pyridine rings is 1. The molecular formula is C25H26N2O7S. The molecule has 3 rings (SSSR count). The largest absolute Gasteiger partial charge is 0.497 e. The summed E-state index contributed by atoms with van der Waals surface area (Å²) >= 11 is 0. The molecule has 10 heteroatoms. The van der Waals surface area contributed by atoms with Crippen LogP contribution in [0, 0.1) is 0 Å². The highest BCUT2D eigenvalue weighted by molar-refractivity contribution is 7.91. The zero-order chi connectivity index (χ0) is 25.8. The lowest BCUT2D eigenvalue weighted by Crippen LogP contribution is -2.26. The Bertz CT molecular complexity index is 1330. The van der Waals surface area contributed by atoms with Crippen LogP contribution in [-0.2, 0) is 21.1 Å². The Labute approximate surface area is 203 Å². The van der Waals surface area contributed by atoms with Crippen molar-refractivity contribution in [3.8, 4) is 5.75 Å². The van der Waals surface area contributed by atoms with Gasteiger partial charge in [-0.2, -0.15) is 0 Å². The number of aromatic nitrogens is 1. The van der Waals surface area contributed by atoms with Crippen LogP contribution in [0.25, 0.3) is 0 Å². The molecule has 0 unspecified atom stereocenters. The van der Waals surface area contributed by atoms with Crippen LogP contribution in [0.4, 0.5) is 5.69 Å². The predicted octanol–water partition coefficient (Wildman–Crippen LogP) is 4.19. The zero-order valence-electron chi connectivity index (χ0n) is 19.7. The average molecular weight is 499 g/mol. The van der Waals surface area contributed by atoms with Crippen molar-refractivity contribution in [3.63, 3.8) is 0 Å². The van der Waals surface area contributed by atoms with Crippen LogP contribution >= 0.6 is 0 Å². The molecule has 35 heavy (non-hydrogen) atoms. The summed E-state index contributed by atoms with van der Waals surface area (Å²) in [5.41, 5.74) is -1.09. The van der Waals surface area contributed by atoms with Crippen molar-refractivity contribution in [1.29, 1.82) is 0 Å². The Morgan fingerprint density at radius 3 is 2.29 bits per heavy atom. The van der Waals surface area contributed by atoms with Crippen molar-refractivity contribution in [2.45, 2.75) is 42.7 Å². The molecule has 0 fully saturated rings. The van der Waals surface area contributed by atoms with Gasteiger partial charge in [-0.3, -0.25) is 4.98 Å². The Morgan fingerprint density at radius 2 is 1.74 bits per heavy atom. The fourth-order valence-corrected chi connectivity index (χ4v) is 4.92. The Balaban J connectivity index is 2.22. The first-order valence-corrected chi connectivity index (χ1v) is 12.1. The normalized spacial score (nSPS) is 11.5. The highest BCUT2D eigenvalue weighted by atomic mass is 32.2. The summed E-state index contributed by atoms with van der Waals surface area (Å²) in [6, 6.07) is 11.6. The third-order valence-electron chi connectivity index (χ3n) is 4.83. The molecule has 2 aromatic carbocycles. The maximum atomic E-state index is 13.7. The number of hydrogen-bond acceptors (Lipinski definition) is 8.